The first-order valence-electron chi connectivity index (χ1n) is 7.42. The van der Waals surface area contributed by atoms with E-state index in [1.807, 2.05) is 12.1 Å². The van der Waals surface area contributed by atoms with Crippen LogP contribution in [0, 0.1) is 6.92 Å². The lowest BCUT2D eigenvalue weighted by atomic mass is 10.1. The van der Waals surface area contributed by atoms with Gasteiger partial charge in [-0.1, -0.05) is 36.4 Å². The predicted octanol–water partition coefficient (Wildman–Crippen LogP) is 4.55. The summed E-state index contributed by atoms with van der Waals surface area (Å²) in [5.41, 5.74) is 0.628. The number of anilines is 1. The standard InChI is InChI=1S/C18H15F2NO3S/c1-12-6-9-16(17(10-12)24-18(19)20)21-25(22,23)15-8-7-13-4-2-3-5-14(13)11-15/h2-11,18,21H,1H3. The van der Waals surface area contributed by atoms with Gasteiger partial charge in [-0.25, -0.2) is 8.42 Å². The van der Waals surface area contributed by atoms with Crippen molar-refractivity contribution in [1.29, 1.82) is 0 Å². The summed E-state index contributed by atoms with van der Waals surface area (Å²) >= 11 is 0. The fourth-order valence-electron chi connectivity index (χ4n) is 2.45. The van der Waals surface area contributed by atoms with E-state index in [0.717, 1.165) is 10.8 Å². The summed E-state index contributed by atoms with van der Waals surface area (Å²) in [5.74, 6) is -0.223. The zero-order valence-corrected chi connectivity index (χ0v) is 14.1. The molecule has 25 heavy (non-hydrogen) atoms. The number of alkyl halides is 2. The van der Waals surface area contributed by atoms with Crippen LogP contribution in [0.3, 0.4) is 0 Å². The van der Waals surface area contributed by atoms with Crippen molar-refractivity contribution in [2.24, 2.45) is 0 Å². The molecule has 7 heteroatoms. The van der Waals surface area contributed by atoms with E-state index in [0.29, 0.717) is 5.56 Å². The molecule has 0 aliphatic rings. The second-order valence-electron chi connectivity index (χ2n) is 5.49. The Labute approximate surface area is 144 Å². The number of aryl methyl sites for hydroxylation is 1. The van der Waals surface area contributed by atoms with E-state index in [9.17, 15) is 17.2 Å². The second-order valence-corrected chi connectivity index (χ2v) is 7.17. The van der Waals surface area contributed by atoms with Gasteiger partial charge >= 0.3 is 6.61 Å². The molecular formula is C18H15F2NO3S. The number of ether oxygens (including phenoxy) is 1. The molecule has 3 aromatic carbocycles. The van der Waals surface area contributed by atoms with Gasteiger partial charge in [-0.2, -0.15) is 8.78 Å². The van der Waals surface area contributed by atoms with Crippen molar-refractivity contribution in [2.75, 3.05) is 4.72 Å². The lowest BCUT2D eigenvalue weighted by molar-refractivity contribution is -0.0493. The van der Waals surface area contributed by atoms with E-state index < -0.39 is 16.6 Å². The zero-order chi connectivity index (χ0) is 18.0. The first-order chi connectivity index (χ1) is 11.8. The fourth-order valence-corrected chi connectivity index (χ4v) is 3.55. The van der Waals surface area contributed by atoms with Crippen LogP contribution in [0.2, 0.25) is 0 Å². The summed E-state index contributed by atoms with van der Waals surface area (Å²) in [5, 5.41) is 1.66. The van der Waals surface area contributed by atoms with Gasteiger partial charge in [-0.3, -0.25) is 4.72 Å². The van der Waals surface area contributed by atoms with Gasteiger partial charge in [-0.15, -0.1) is 0 Å². The Hall–Kier alpha value is -2.67. The van der Waals surface area contributed by atoms with Crippen LogP contribution >= 0.6 is 0 Å². The molecule has 0 amide bonds. The van der Waals surface area contributed by atoms with Gasteiger partial charge in [0, 0.05) is 0 Å². The molecule has 0 aromatic heterocycles. The molecular weight excluding hydrogens is 348 g/mol. The second kappa shape index (κ2) is 6.68. The molecule has 0 heterocycles. The van der Waals surface area contributed by atoms with Gasteiger partial charge in [0.15, 0.2) is 0 Å². The van der Waals surface area contributed by atoms with Crippen molar-refractivity contribution in [3.8, 4) is 5.75 Å². The van der Waals surface area contributed by atoms with Crippen molar-refractivity contribution in [3.05, 3.63) is 66.2 Å². The molecule has 0 atom stereocenters. The molecule has 0 spiro atoms. The molecule has 0 saturated heterocycles. The SMILES string of the molecule is Cc1ccc(NS(=O)(=O)c2ccc3ccccc3c2)c(OC(F)F)c1. The topological polar surface area (TPSA) is 55.4 Å². The molecule has 0 radical (unpaired) electrons. The minimum Gasteiger partial charge on any atom is -0.433 e. The van der Waals surface area contributed by atoms with Crippen LogP contribution in [0.5, 0.6) is 5.75 Å². The monoisotopic (exact) mass is 363 g/mol. The maximum Gasteiger partial charge on any atom is 0.387 e. The Morgan fingerprint density at radius 2 is 1.68 bits per heavy atom. The number of halogens is 2. The summed E-state index contributed by atoms with van der Waals surface area (Å²) in [7, 11) is -3.95. The fraction of sp³-hybridized carbons (Fsp3) is 0.111. The van der Waals surface area contributed by atoms with Gasteiger partial charge in [0.05, 0.1) is 10.6 Å². The van der Waals surface area contributed by atoms with Crippen LogP contribution < -0.4 is 9.46 Å². The van der Waals surface area contributed by atoms with E-state index in [-0.39, 0.29) is 16.3 Å². The summed E-state index contributed by atoms with van der Waals surface area (Å²) in [6.07, 6.45) is 0. The van der Waals surface area contributed by atoms with Gasteiger partial charge in [0.25, 0.3) is 10.0 Å². The van der Waals surface area contributed by atoms with Crippen LogP contribution in [-0.2, 0) is 10.0 Å². The average molecular weight is 363 g/mol. The molecule has 3 aromatic rings. The van der Waals surface area contributed by atoms with Crippen LogP contribution in [0.4, 0.5) is 14.5 Å². The zero-order valence-electron chi connectivity index (χ0n) is 13.2. The summed E-state index contributed by atoms with van der Waals surface area (Å²) in [6, 6.07) is 16.4. The third-order valence-corrected chi connectivity index (χ3v) is 4.99. The Morgan fingerprint density at radius 3 is 2.40 bits per heavy atom. The molecule has 0 unspecified atom stereocenters. The number of sulfonamides is 1. The number of fused-ring (bicyclic) bond motifs is 1. The molecule has 0 bridgehead atoms. The van der Waals surface area contributed by atoms with Crippen LogP contribution in [0.25, 0.3) is 10.8 Å². The highest BCUT2D eigenvalue weighted by Crippen LogP contribution is 2.30. The molecule has 0 saturated carbocycles. The van der Waals surface area contributed by atoms with Crippen molar-refractivity contribution in [1.82, 2.24) is 0 Å². The molecule has 0 aliphatic heterocycles. The van der Waals surface area contributed by atoms with Crippen LogP contribution in [0.15, 0.2) is 65.6 Å². The number of nitrogens with one attached hydrogen (secondary N) is 1. The highest BCUT2D eigenvalue weighted by atomic mass is 32.2. The molecule has 3 rings (SSSR count). The third-order valence-electron chi connectivity index (χ3n) is 3.63. The van der Waals surface area contributed by atoms with E-state index in [4.69, 9.17) is 0 Å². The smallest absolute Gasteiger partial charge is 0.387 e. The third kappa shape index (κ3) is 3.88. The maximum absolute atomic E-state index is 12.6. The number of hydrogen-bond acceptors (Lipinski definition) is 3. The summed E-state index contributed by atoms with van der Waals surface area (Å²) < 4.78 is 57.1. The van der Waals surface area contributed by atoms with Crippen LogP contribution in [0.1, 0.15) is 5.56 Å². The van der Waals surface area contributed by atoms with Gasteiger partial charge in [0.2, 0.25) is 0 Å². The number of rotatable bonds is 5. The summed E-state index contributed by atoms with van der Waals surface area (Å²) in [4.78, 5) is 0.0368. The molecule has 0 aliphatic carbocycles. The van der Waals surface area contributed by atoms with Gasteiger partial charge in [0.1, 0.15) is 5.75 Å². The quantitative estimate of drug-likeness (QED) is 0.723. The first-order valence-corrected chi connectivity index (χ1v) is 8.90. The normalized spacial score (nSPS) is 11.7. The molecule has 4 nitrogen and oxygen atoms in total. The molecule has 0 fully saturated rings. The van der Waals surface area contributed by atoms with Gasteiger partial charge in [-0.05, 0) is 47.5 Å². The van der Waals surface area contributed by atoms with Crippen molar-refractivity contribution >= 4 is 26.5 Å². The Morgan fingerprint density at radius 1 is 0.960 bits per heavy atom. The van der Waals surface area contributed by atoms with Crippen molar-refractivity contribution in [3.63, 3.8) is 0 Å². The number of hydrogen-bond donors (Lipinski definition) is 1. The highest BCUT2D eigenvalue weighted by Gasteiger charge is 2.18. The maximum atomic E-state index is 12.6. The van der Waals surface area contributed by atoms with E-state index >= 15 is 0 Å². The minimum absolute atomic E-state index is 0.0368. The van der Waals surface area contributed by atoms with E-state index in [1.165, 1.54) is 24.3 Å². The Kier molecular flexibility index (Phi) is 4.59. The van der Waals surface area contributed by atoms with Crippen LogP contribution in [-0.4, -0.2) is 15.0 Å². The molecule has 1 N–H and O–H groups in total. The first kappa shape index (κ1) is 17.2. The highest BCUT2D eigenvalue weighted by molar-refractivity contribution is 7.92. The minimum atomic E-state index is -3.95. The number of benzene rings is 3. The average Bonchev–Trinajstić information content (AvgIpc) is 2.56. The van der Waals surface area contributed by atoms with E-state index in [2.05, 4.69) is 9.46 Å². The largest absolute Gasteiger partial charge is 0.433 e. The van der Waals surface area contributed by atoms with Crippen molar-refractivity contribution < 1.29 is 21.9 Å². The lowest BCUT2D eigenvalue weighted by Crippen LogP contribution is -2.14. The lowest BCUT2D eigenvalue weighted by Gasteiger charge is -2.14. The van der Waals surface area contributed by atoms with Crippen molar-refractivity contribution in [2.45, 2.75) is 18.4 Å². The Bertz CT molecular complexity index is 1020. The predicted molar refractivity (Wildman–Crippen MR) is 92.6 cm³/mol. The van der Waals surface area contributed by atoms with Gasteiger partial charge < -0.3 is 4.74 Å². The summed E-state index contributed by atoms with van der Waals surface area (Å²) in [6.45, 7) is -1.36. The molecule has 130 valence electrons. The van der Waals surface area contributed by atoms with E-state index in [1.54, 1.807) is 31.2 Å². The Balaban J connectivity index is 1.98.